The highest BCUT2D eigenvalue weighted by Gasteiger charge is 2.14. The zero-order chi connectivity index (χ0) is 13.1. The van der Waals surface area contributed by atoms with E-state index in [1.165, 1.54) is 0 Å². The lowest BCUT2D eigenvalue weighted by molar-refractivity contribution is 0.112. The van der Waals surface area contributed by atoms with Crippen LogP contribution < -0.4 is 4.74 Å². The number of halogens is 2. The molecule has 0 radical (unpaired) electrons. The summed E-state index contributed by atoms with van der Waals surface area (Å²) in [5, 5.41) is 0.677. The van der Waals surface area contributed by atoms with Gasteiger partial charge < -0.3 is 4.74 Å². The average Bonchev–Trinajstić information content (AvgIpc) is 2.39. The summed E-state index contributed by atoms with van der Waals surface area (Å²) in [6.45, 7) is 0. The van der Waals surface area contributed by atoms with E-state index in [9.17, 15) is 4.79 Å². The Morgan fingerprint density at radius 1 is 1.06 bits per heavy atom. The molecular weight excluding hydrogens is 271 g/mol. The topological polar surface area (TPSA) is 26.3 Å². The third-order valence-corrected chi connectivity index (χ3v) is 3.38. The Morgan fingerprint density at radius 2 is 1.78 bits per heavy atom. The molecule has 0 aliphatic heterocycles. The highest BCUT2D eigenvalue weighted by Crippen LogP contribution is 2.38. The van der Waals surface area contributed by atoms with Gasteiger partial charge in [0.15, 0.2) is 6.29 Å². The van der Waals surface area contributed by atoms with E-state index in [1.54, 1.807) is 19.2 Å². The minimum absolute atomic E-state index is 0.293. The second kappa shape index (κ2) is 5.42. The maximum Gasteiger partial charge on any atom is 0.153 e. The van der Waals surface area contributed by atoms with Gasteiger partial charge in [0, 0.05) is 11.1 Å². The Morgan fingerprint density at radius 3 is 2.44 bits per heavy atom. The van der Waals surface area contributed by atoms with Gasteiger partial charge in [0.1, 0.15) is 5.75 Å². The van der Waals surface area contributed by atoms with Crippen LogP contribution in [0.4, 0.5) is 0 Å². The Labute approximate surface area is 115 Å². The van der Waals surface area contributed by atoms with Gasteiger partial charge >= 0.3 is 0 Å². The lowest BCUT2D eigenvalue weighted by Crippen LogP contribution is -1.91. The van der Waals surface area contributed by atoms with Crippen molar-refractivity contribution in [2.75, 3.05) is 7.11 Å². The molecule has 2 aromatic carbocycles. The monoisotopic (exact) mass is 280 g/mol. The molecule has 0 atom stereocenters. The van der Waals surface area contributed by atoms with Crippen molar-refractivity contribution in [2.45, 2.75) is 0 Å². The summed E-state index contributed by atoms with van der Waals surface area (Å²) in [4.78, 5) is 11.0. The molecule has 0 saturated carbocycles. The van der Waals surface area contributed by atoms with E-state index in [-0.39, 0.29) is 0 Å². The first-order chi connectivity index (χ1) is 8.69. The van der Waals surface area contributed by atoms with E-state index < -0.39 is 0 Å². The zero-order valence-electron chi connectivity index (χ0n) is 9.61. The Bertz CT molecular complexity index is 594. The van der Waals surface area contributed by atoms with E-state index >= 15 is 0 Å². The van der Waals surface area contributed by atoms with Crippen molar-refractivity contribution in [3.63, 3.8) is 0 Å². The van der Waals surface area contributed by atoms with Crippen LogP contribution in [0.25, 0.3) is 11.1 Å². The molecule has 4 heteroatoms. The van der Waals surface area contributed by atoms with Crippen molar-refractivity contribution >= 4 is 29.5 Å². The number of para-hydroxylation sites is 1. The first-order valence-electron chi connectivity index (χ1n) is 5.25. The molecule has 0 unspecified atom stereocenters. The van der Waals surface area contributed by atoms with Crippen LogP contribution in [0.5, 0.6) is 5.75 Å². The van der Waals surface area contributed by atoms with Crippen LogP contribution in [-0.4, -0.2) is 13.4 Å². The standard InChI is InChI=1S/C14H10Cl2O2/c1-18-13-5-3-2-4-9(13)10-6-7-12(15)11(8-17)14(10)16/h2-8H,1H3. The highest BCUT2D eigenvalue weighted by atomic mass is 35.5. The van der Waals surface area contributed by atoms with Gasteiger partial charge in [-0.3, -0.25) is 4.79 Å². The molecule has 0 N–H and O–H groups in total. The average molecular weight is 281 g/mol. The summed E-state index contributed by atoms with van der Waals surface area (Å²) < 4.78 is 5.28. The molecule has 0 aromatic heterocycles. The Kier molecular flexibility index (Phi) is 3.90. The molecule has 0 amide bonds. The van der Waals surface area contributed by atoms with Gasteiger partial charge in [-0.2, -0.15) is 0 Å². The van der Waals surface area contributed by atoms with Crippen molar-refractivity contribution in [2.24, 2.45) is 0 Å². The fourth-order valence-electron chi connectivity index (χ4n) is 1.75. The molecule has 0 aliphatic rings. The number of carbonyl (C=O) groups excluding carboxylic acids is 1. The van der Waals surface area contributed by atoms with Crippen LogP contribution in [0.1, 0.15) is 10.4 Å². The molecule has 2 aromatic rings. The van der Waals surface area contributed by atoms with Crippen molar-refractivity contribution < 1.29 is 9.53 Å². The summed E-state index contributed by atoms with van der Waals surface area (Å²) in [6, 6.07) is 10.9. The van der Waals surface area contributed by atoms with Crippen LogP contribution in [-0.2, 0) is 0 Å². The number of methoxy groups -OCH3 is 1. The Hall–Kier alpha value is -1.51. The van der Waals surface area contributed by atoms with Gasteiger partial charge in [0.25, 0.3) is 0 Å². The predicted octanol–water partition coefficient (Wildman–Crippen LogP) is 4.48. The van der Waals surface area contributed by atoms with Crippen LogP contribution >= 0.6 is 23.2 Å². The molecule has 0 aliphatic carbocycles. The van der Waals surface area contributed by atoms with E-state index in [1.807, 2.05) is 24.3 Å². The molecule has 0 heterocycles. The third kappa shape index (κ3) is 2.22. The van der Waals surface area contributed by atoms with Crippen LogP contribution in [0, 0.1) is 0 Å². The first kappa shape index (κ1) is 12.9. The molecule has 0 fully saturated rings. The Balaban J connectivity index is 2.68. The van der Waals surface area contributed by atoms with E-state index in [2.05, 4.69) is 0 Å². The summed E-state index contributed by atoms with van der Waals surface area (Å²) in [7, 11) is 1.59. The van der Waals surface area contributed by atoms with Crippen LogP contribution in [0.15, 0.2) is 36.4 Å². The maximum absolute atomic E-state index is 11.0. The van der Waals surface area contributed by atoms with Crippen molar-refractivity contribution in [1.82, 2.24) is 0 Å². The largest absolute Gasteiger partial charge is 0.496 e. The zero-order valence-corrected chi connectivity index (χ0v) is 11.1. The quantitative estimate of drug-likeness (QED) is 0.775. The van der Waals surface area contributed by atoms with Gasteiger partial charge in [0.2, 0.25) is 0 Å². The van der Waals surface area contributed by atoms with Crippen molar-refractivity contribution in [3.8, 4) is 16.9 Å². The molecule has 0 spiro atoms. The van der Waals surface area contributed by atoms with E-state index in [0.717, 1.165) is 11.1 Å². The molecule has 92 valence electrons. The second-order valence-electron chi connectivity index (χ2n) is 3.64. The first-order valence-corrected chi connectivity index (χ1v) is 6.01. The van der Waals surface area contributed by atoms with E-state index in [4.69, 9.17) is 27.9 Å². The van der Waals surface area contributed by atoms with E-state index in [0.29, 0.717) is 27.6 Å². The normalized spacial score (nSPS) is 10.2. The number of benzene rings is 2. The van der Waals surface area contributed by atoms with Crippen LogP contribution in [0.2, 0.25) is 10.0 Å². The lowest BCUT2D eigenvalue weighted by Gasteiger charge is -2.11. The fraction of sp³-hybridized carbons (Fsp3) is 0.0714. The second-order valence-corrected chi connectivity index (χ2v) is 4.43. The van der Waals surface area contributed by atoms with Crippen LogP contribution in [0.3, 0.4) is 0 Å². The number of hydrogen-bond donors (Lipinski definition) is 0. The predicted molar refractivity (Wildman–Crippen MR) is 73.8 cm³/mol. The number of carbonyl (C=O) groups is 1. The molecule has 18 heavy (non-hydrogen) atoms. The fourth-order valence-corrected chi connectivity index (χ4v) is 2.31. The molecule has 2 nitrogen and oxygen atoms in total. The number of aldehydes is 1. The molecular formula is C14H10Cl2O2. The maximum atomic E-state index is 11.0. The van der Waals surface area contributed by atoms with Gasteiger partial charge in [-0.1, -0.05) is 47.5 Å². The third-order valence-electron chi connectivity index (χ3n) is 2.64. The number of hydrogen-bond acceptors (Lipinski definition) is 2. The molecule has 0 saturated heterocycles. The van der Waals surface area contributed by atoms with Gasteiger partial charge in [-0.15, -0.1) is 0 Å². The van der Waals surface area contributed by atoms with Gasteiger partial charge in [-0.05, 0) is 12.1 Å². The molecule has 0 bridgehead atoms. The number of ether oxygens (including phenoxy) is 1. The molecule has 2 rings (SSSR count). The summed E-state index contributed by atoms with van der Waals surface area (Å²) in [5.41, 5.74) is 1.84. The SMILES string of the molecule is COc1ccccc1-c1ccc(Cl)c(C=O)c1Cl. The minimum atomic E-state index is 0.293. The number of rotatable bonds is 3. The smallest absolute Gasteiger partial charge is 0.153 e. The summed E-state index contributed by atoms with van der Waals surface area (Å²) >= 11 is 12.1. The summed E-state index contributed by atoms with van der Waals surface area (Å²) in [5.74, 6) is 0.693. The highest BCUT2D eigenvalue weighted by molar-refractivity contribution is 6.40. The van der Waals surface area contributed by atoms with Crippen molar-refractivity contribution in [3.05, 3.63) is 52.0 Å². The minimum Gasteiger partial charge on any atom is -0.496 e. The van der Waals surface area contributed by atoms with Gasteiger partial charge in [-0.25, -0.2) is 0 Å². The summed E-state index contributed by atoms with van der Waals surface area (Å²) in [6.07, 6.45) is 0.656. The lowest BCUT2D eigenvalue weighted by atomic mass is 10.0. The van der Waals surface area contributed by atoms with Crippen molar-refractivity contribution in [1.29, 1.82) is 0 Å². The van der Waals surface area contributed by atoms with Gasteiger partial charge in [0.05, 0.1) is 22.7 Å².